The van der Waals surface area contributed by atoms with E-state index in [2.05, 4.69) is 10.5 Å². The zero-order valence-electron chi connectivity index (χ0n) is 13.5. The molecule has 1 aromatic heterocycles. The number of nitro groups is 2. The Balaban J connectivity index is 1.78. The topological polar surface area (TPSA) is 124 Å². The molecule has 0 atom stereocenters. The molecular formula is C17H11ClN4O5. The molecule has 27 heavy (non-hydrogen) atoms. The summed E-state index contributed by atoms with van der Waals surface area (Å²) < 4.78 is 5.62. The molecule has 9 nitrogen and oxygen atoms in total. The van der Waals surface area contributed by atoms with Crippen molar-refractivity contribution in [1.29, 1.82) is 0 Å². The van der Waals surface area contributed by atoms with Crippen LogP contribution in [0, 0.1) is 20.2 Å². The Morgan fingerprint density at radius 3 is 2.52 bits per heavy atom. The van der Waals surface area contributed by atoms with Gasteiger partial charge in [-0.2, -0.15) is 5.10 Å². The number of nitro benzene ring substituents is 2. The molecule has 0 unspecified atom stereocenters. The van der Waals surface area contributed by atoms with E-state index in [0.717, 1.165) is 17.7 Å². The zero-order chi connectivity index (χ0) is 19.4. The van der Waals surface area contributed by atoms with Crippen molar-refractivity contribution in [1.82, 2.24) is 0 Å². The first kappa shape index (κ1) is 18.1. The maximum Gasteiger partial charge on any atom is 0.301 e. The summed E-state index contributed by atoms with van der Waals surface area (Å²) in [5.41, 5.74) is 2.38. The first-order chi connectivity index (χ1) is 13.0. The van der Waals surface area contributed by atoms with Crippen LogP contribution >= 0.6 is 11.6 Å². The van der Waals surface area contributed by atoms with Gasteiger partial charge in [0.2, 0.25) is 0 Å². The zero-order valence-corrected chi connectivity index (χ0v) is 14.3. The Kier molecular flexibility index (Phi) is 5.13. The minimum atomic E-state index is -0.729. The SMILES string of the molecule is O=[N+]([O-])c1ccc(N/N=C\c2ccc(-c3ccccc3Cl)o2)c([N+](=O)[O-])c1. The van der Waals surface area contributed by atoms with Gasteiger partial charge >= 0.3 is 5.69 Å². The van der Waals surface area contributed by atoms with Crippen LogP contribution in [0.25, 0.3) is 11.3 Å². The third kappa shape index (κ3) is 4.10. The van der Waals surface area contributed by atoms with Gasteiger partial charge in [0.25, 0.3) is 5.69 Å². The molecule has 0 aliphatic carbocycles. The third-order valence-corrected chi connectivity index (χ3v) is 3.86. The van der Waals surface area contributed by atoms with E-state index in [9.17, 15) is 20.2 Å². The average Bonchev–Trinajstić information content (AvgIpc) is 3.10. The highest BCUT2D eigenvalue weighted by Crippen LogP contribution is 2.30. The van der Waals surface area contributed by atoms with E-state index in [1.165, 1.54) is 12.3 Å². The van der Waals surface area contributed by atoms with Crippen molar-refractivity contribution >= 4 is 34.9 Å². The van der Waals surface area contributed by atoms with Crippen molar-refractivity contribution < 1.29 is 14.3 Å². The molecule has 0 fully saturated rings. The van der Waals surface area contributed by atoms with Crippen molar-refractivity contribution in [2.45, 2.75) is 0 Å². The summed E-state index contributed by atoms with van der Waals surface area (Å²) in [4.78, 5) is 20.4. The van der Waals surface area contributed by atoms with E-state index >= 15 is 0 Å². The number of hydrogen-bond acceptors (Lipinski definition) is 7. The van der Waals surface area contributed by atoms with E-state index in [4.69, 9.17) is 16.0 Å². The molecule has 0 aliphatic rings. The second-order valence-corrected chi connectivity index (χ2v) is 5.67. The van der Waals surface area contributed by atoms with Crippen LogP contribution in [0.2, 0.25) is 5.02 Å². The quantitative estimate of drug-likeness (QED) is 0.366. The van der Waals surface area contributed by atoms with Crippen LogP contribution in [-0.2, 0) is 0 Å². The average molecular weight is 387 g/mol. The van der Waals surface area contributed by atoms with Gasteiger partial charge in [0.15, 0.2) is 0 Å². The van der Waals surface area contributed by atoms with Crippen LogP contribution in [0.15, 0.2) is 64.1 Å². The molecule has 0 aliphatic heterocycles. The Morgan fingerprint density at radius 1 is 1.04 bits per heavy atom. The minimum Gasteiger partial charge on any atom is -0.455 e. The molecule has 2 aromatic carbocycles. The fraction of sp³-hybridized carbons (Fsp3) is 0. The molecule has 3 rings (SSSR count). The van der Waals surface area contributed by atoms with E-state index in [1.807, 2.05) is 6.07 Å². The maximum absolute atomic E-state index is 11.1. The van der Waals surface area contributed by atoms with E-state index in [0.29, 0.717) is 16.5 Å². The minimum absolute atomic E-state index is 0.0136. The lowest BCUT2D eigenvalue weighted by Crippen LogP contribution is -1.98. The molecule has 0 saturated heterocycles. The molecule has 0 amide bonds. The number of furan rings is 1. The van der Waals surface area contributed by atoms with Crippen molar-refractivity contribution in [2.24, 2.45) is 5.10 Å². The summed E-state index contributed by atoms with van der Waals surface area (Å²) in [5.74, 6) is 0.936. The van der Waals surface area contributed by atoms with Gasteiger partial charge < -0.3 is 4.42 Å². The van der Waals surface area contributed by atoms with Gasteiger partial charge in [0.1, 0.15) is 17.2 Å². The predicted molar refractivity (Wildman–Crippen MR) is 100 cm³/mol. The third-order valence-electron chi connectivity index (χ3n) is 3.53. The predicted octanol–water partition coefficient (Wildman–Crippen LogP) is 4.86. The van der Waals surface area contributed by atoms with E-state index in [1.54, 1.807) is 30.3 Å². The summed E-state index contributed by atoms with van der Waals surface area (Å²) in [6.07, 6.45) is 1.32. The van der Waals surface area contributed by atoms with Gasteiger partial charge in [0.05, 0.1) is 27.2 Å². The molecule has 0 bridgehead atoms. The van der Waals surface area contributed by atoms with Crippen LogP contribution in [0.5, 0.6) is 0 Å². The lowest BCUT2D eigenvalue weighted by Gasteiger charge is -2.01. The van der Waals surface area contributed by atoms with Gasteiger partial charge in [-0.05, 0) is 30.3 Å². The van der Waals surface area contributed by atoms with Gasteiger partial charge in [0, 0.05) is 11.6 Å². The smallest absolute Gasteiger partial charge is 0.301 e. The van der Waals surface area contributed by atoms with Gasteiger partial charge in [-0.3, -0.25) is 25.7 Å². The Morgan fingerprint density at radius 2 is 1.81 bits per heavy atom. The fourth-order valence-electron chi connectivity index (χ4n) is 2.27. The van der Waals surface area contributed by atoms with Crippen molar-refractivity contribution in [3.05, 3.63) is 85.6 Å². The number of anilines is 1. The Labute approximate surface area is 157 Å². The number of rotatable bonds is 6. The lowest BCUT2D eigenvalue weighted by atomic mass is 10.2. The van der Waals surface area contributed by atoms with Gasteiger partial charge in [-0.15, -0.1) is 0 Å². The van der Waals surface area contributed by atoms with E-state index < -0.39 is 15.5 Å². The van der Waals surface area contributed by atoms with Crippen molar-refractivity contribution in [3.63, 3.8) is 0 Å². The standard InChI is InChI=1S/C17H11ClN4O5/c18-14-4-2-1-3-13(14)17-8-6-12(27-17)10-19-20-15-7-5-11(21(23)24)9-16(15)22(25)26/h1-10,20H/b19-10-. The van der Waals surface area contributed by atoms with Crippen LogP contribution in [0.1, 0.15) is 5.76 Å². The summed E-state index contributed by atoms with van der Waals surface area (Å²) >= 11 is 6.12. The summed E-state index contributed by atoms with van der Waals surface area (Å²) in [6.45, 7) is 0. The fourth-order valence-corrected chi connectivity index (χ4v) is 2.50. The monoisotopic (exact) mass is 386 g/mol. The number of halogens is 1. The number of nitrogens with one attached hydrogen (secondary N) is 1. The van der Waals surface area contributed by atoms with Crippen LogP contribution in [0.3, 0.4) is 0 Å². The molecular weight excluding hydrogens is 376 g/mol. The normalized spacial score (nSPS) is 10.9. The van der Waals surface area contributed by atoms with Crippen LogP contribution in [-0.4, -0.2) is 16.1 Å². The van der Waals surface area contributed by atoms with Crippen molar-refractivity contribution in [2.75, 3.05) is 5.43 Å². The molecule has 10 heteroatoms. The molecule has 0 saturated carbocycles. The molecule has 0 radical (unpaired) electrons. The summed E-state index contributed by atoms with van der Waals surface area (Å²) in [7, 11) is 0. The van der Waals surface area contributed by atoms with Crippen LogP contribution in [0.4, 0.5) is 17.1 Å². The molecule has 0 spiro atoms. The first-order valence-electron chi connectivity index (χ1n) is 7.52. The Hall–Kier alpha value is -3.72. The molecule has 3 aromatic rings. The van der Waals surface area contributed by atoms with Crippen LogP contribution < -0.4 is 5.43 Å². The number of benzene rings is 2. The molecule has 1 N–H and O–H groups in total. The lowest BCUT2D eigenvalue weighted by molar-refractivity contribution is -0.393. The first-order valence-corrected chi connectivity index (χ1v) is 7.90. The summed E-state index contributed by atoms with van der Waals surface area (Å²) in [6, 6.07) is 13.8. The second-order valence-electron chi connectivity index (χ2n) is 5.27. The number of non-ortho nitro benzene ring substituents is 1. The largest absolute Gasteiger partial charge is 0.455 e. The van der Waals surface area contributed by atoms with E-state index in [-0.39, 0.29) is 11.4 Å². The Bertz CT molecular complexity index is 1050. The number of hydrogen-bond donors (Lipinski definition) is 1. The van der Waals surface area contributed by atoms with Gasteiger partial charge in [-0.25, -0.2) is 0 Å². The number of hydrazone groups is 1. The number of nitrogens with zero attached hydrogens (tertiary/aromatic N) is 3. The highest BCUT2D eigenvalue weighted by Gasteiger charge is 2.19. The summed E-state index contributed by atoms with van der Waals surface area (Å²) in [5, 5.41) is 26.2. The highest BCUT2D eigenvalue weighted by atomic mass is 35.5. The maximum atomic E-state index is 11.1. The van der Waals surface area contributed by atoms with Crippen molar-refractivity contribution in [3.8, 4) is 11.3 Å². The second kappa shape index (κ2) is 7.67. The highest BCUT2D eigenvalue weighted by molar-refractivity contribution is 6.33. The molecule has 136 valence electrons. The van der Waals surface area contributed by atoms with Gasteiger partial charge in [-0.1, -0.05) is 23.7 Å². The molecule has 1 heterocycles.